The molecule has 0 aromatic rings. The Morgan fingerprint density at radius 2 is 2.55 bits per heavy atom. The molecule has 0 bridgehead atoms. The normalized spacial score (nSPS) is 31.1. The maximum absolute atomic E-state index is 10.8. The minimum absolute atomic E-state index is 0.208. The largest absolute Gasteiger partial charge is 0.388 e. The number of terminal acetylenes is 1. The van der Waals surface area contributed by atoms with E-state index >= 15 is 0 Å². The molecular formula is C8H9NO2. The Morgan fingerprint density at radius 1 is 1.91 bits per heavy atom. The van der Waals surface area contributed by atoms with Gasteiger partial charge in [0, 0.05) is 0 Å². The summed E-state index contributed by atoms with van der Waals surface area (Å²) in [5, 5.41) is 11.7. The molecule has 3 nitrogen and oxygen atoms in total. The molecule has 3 heteroatoms. The average molecular weight is 151 g/mol. The van der Waals surface area contributed by atoms with E-state index in [0.717, 1.165) is 0 Å². The van der Waals surface area contributed by atoms with Crippen LogP contribution in [0.5, 0.6) is 0 Å². The number of carbonyl (C=O) groups is 1. The predicted octanol–water partition coefficient (Wildman–Crippen LogP) is -0.719. The van der Waals surface area contributed by atoms with Crippen LogP contribution >= 0.6 is 0 Å². The van der Waals surface area contributed by atoms with Gasteiger partial charge in [0.2, 0.25) is 5.91 Å². The predicted molar refractivity (Wildman–Crippen MR) is 40.5 cm³/mol. The van der Waals surface area contributed by atoms with Gasteiger partial charge in [-0.05, 0) is 0 Å². The lowest BCUT2D eigenvalue weighted by molar-refractivity contribution is -0.137. The van der Waals surface area contributed by atoms with Gasteiger partial charge < -0.3 is 10.4 Å². The quantitative estimate of drug-likeness (QED) is 0.311. The SMILES string of the molecule is C#CC1NC(=O)C1C(O)C=C. The van der Waals surface area contributed by atoms with E-state index in [0.29, 0.717) is 0 Å². The maximum Gasteiger partial charge on any atom is 0.230 e. The Labute approximate surface area is 65.1 Å². The van der Waals surface area contributed by atoms with Gasteiger partial charge in [-0.1, -0.05) is 12.0 Å². The van der Waals surface area contributed by atoms with Crippen LogP contribution in [0, 0.1) is 18.3 Å². The van der Waals surface area contributed by atoms with Crippen molar-refractivity contribution >= 4 is 5.91 Å². The number of nitrogens with one attached hydrogen (secondary N) is 1. The van der Waals surface area contributed by atoms with Crippen molar-refractivity contribution in [1.29, 1.82) is 0 Å². The molecule has 0 aromatic carbocycles. The molecule has 1 amide bonds. The van der Waals surface area contributed by atoms with Crippen molar-refractivity contribution in [2.75, 3.05) is 0 Å². The fraction of sp³-hybridized carbons (Fsp3) is 0.375. The van der Waals surface area contributed by atoms with E-state index in [-0.39, 0.29) is 11.9 Å². The van der Waals surface area contributed by atoms with Crippen LogP contribution in [0.3, 0.4) is 0 Å². The summed E-state index contributed by atoms with van der Waals surface area (Å²) >= 11 is 0. The van der Waals surface area contributed by atoms with Gasteiger partial charge in [0.25, 0.3) is 0 Å². The van der Waals surface area contributed by atoms with Crippen LogP contribution in [0.1, 0.15) is 0 Å². The third kappa shape index (κ3) is 1.13. The van der Waals surface area contributed by atoms with Gasteiger partial charge in [-0.3, -0.25) is 4.79 Å². The van der Waals surface area contributed by atoms with Crippen LogP contribution in [0.2, 0.25) is 0 Å². The number of β-lactam (4-membered cyclic amide) rings is 1. The number of hydrogen-bond acceptors (Lipinski definition) is 2. The standard InChI is InChI=1S/C8H9NO2/c1-3-5-7(6(10)4-2)8(11)9-5/h1,4-7,10H,2H2,(H,9,11). The molecule has 0 spiro atoms. The summed E-state index contributed by atoms with van der Waals surface area (Å²) in [4.78, 5) is 10.8. The van der Waals surface area contributed by atoms with Crippen molar-refractivity contribution in [3.63, 3.8) is 0 Å². The second-order valence-corrected chi connectivity index (χ2v) is 2.41. The number of carbonyl (C=O) groups excluding carboxylic acids is 1. The van der Waals surface area contributed by atoms with Crippen molar-refractivity contribution in [1.82, 2.24) is 5.32 Å². The monoisotopic (exact) mass is 151 g/mol. The fourth-order valence-corrected chi connectivity index (χ4v) is 1.04. The lowest BCUT2D eigenvalue weighted by Crippen LogP contribution is -2.61. The first-order chi connectivity index (χ1) is 5.20. The molecule has 1 aliphatic heterocycles. The number of rotatable bonds is 2. The molecule has 0 saturated carbocycles. The number of aliphatic hydroxyl groups excluding tert-OH is 1. The Kier molecular flexibility index (Phi) is 1.97. The van der Waals surface area contributed by atoms with E-state index in [1.54, 1.807) is 0 Å². The van der Waals surface area contributed by atoms with Crippen molar-refractivity contribution in [3.8, 4) is 12.3 Å². The van der Waals surface area contributed by atoms with Crippen LogP contribution in [0.15, 0.2) is 12.7 Å². The summed E-state index contributed by atoms with van der Waals surface area (Å²) in [6, 6.07) is -0.338. The molecule has 3 unspecified atom stereocenters. The zero-order valence-electron chi connectivity index (χ0n) is 5.95. The van der Waals surface area contributed by atoms with E-state index in [2.05, 4.69) is 17.8 Å². The van der Waals surface area contributed by atoms with Crippen LogP contribution < -0.4 is 5.32 Å². The third-order valence-electron chi connectivity index (χ3n) is 1.75. The number of hydrogen-bond donors (Lipinski definition) is 2. The molecule has 0 aromatic heterocycles. The van der Waals surface area contributed by atoms with E-state index in [9.17, 15) is 9.90 Å². The van der Waals surface area contributed by atoms with Crippen molar-refractivity contribution in [2.45, 2.75) is 12.1 Å². The molecule has 0 aliphatic carbocycles. The molecule has 1 heterocycles. The van der Waals surface area contributed by atoms with Gasteiger partial charge >= 0.3 is 0 Å². The van der Waals surface area contributed by atoms with Gasteiger partial charge in [-0.15, -0.1) is 13.0 Å². The van der Waals surface area contributed by atoms with Gasteiger partial charge in [0.05, 0.1) is 12.0 Å². The van der Waals surface area contributed by atoms with Crippen LogP contribution in [-0.2, 0) is 4.79 Å². The molecule has 1 saturated heterocycles. The molecular weight excluding hydrogens is 142 g/mol. The van der Waals surface area contributed by atoms with Gasteiger partial charge in [-0.2, -0.15) is 0 Å². The fourth-order valence-electron chi connectivity index (χ4n) is 1.04. The van der Waals surface area contributed by atoms with Gasteiger partial charge in [0.15, 0.2) is 0 Å². The molecule has 1 rings (SSSR count). The second-order valence-electron chi connectivity index (χ2n) is 2.41. The van der Waals surface area contributed by atoms with Gasteiger partial charge in [-0.25, -0.2) is 0 Å². The molecule has 1 fully saturated rings. The van der Waals surface area contributed by atoms with E-state index in [1.165, 1.54) is 6.08 Å². The average Bonchev–Trinajstić information content (AvgIpc) is 1.99. The van der Waals surface area contributed by atoms with Crippen LogP contribution in [0.4, 0.5) is 0 Å². The molecule has 1 aliphatic rings. The second kappa shape index (κ2) is 2.77. The summed E-state index contributed by atoms with van der Waals surface area (Å²) in [6.45, 7) is 3.37. The highest BCUT2D eigenvalue weighted by atomic mass is 16.3. The maximum atomic E-state index is 10.8. The van der Waals surface area contributed by atoms with Crippen molar-refractivity contribution in [3.05, 3.63) is 12.7 Å². The highest BCUT2D eigenvalue weighted by Gasteiger charge is 2.41. The minimum Gasteiger partial charge on any atom is -0.388 e. The summed E-state index contributed by atoms with van der Waals surface area (Å²) in [5.41, 5.74) is 0. The smallest absolute Gasteiger partial charge is 0.230 e. The van der Waals surface area contributed by atoms with E-state index < -0.39 is 12.0 Å². The van der Waals surface area contributed by atoms with Crippen LogP contribution in [-0.4, -0.2) is 23.2 Å². The van der Waals surface area contributed by atoms with Crippen LogP contribution in [0.25, 0.3) is 0 Å². The summed E-state index contributed by atoms with van der Waals surface area (Å²) in [6.07, 6.45) is 5.55. The third-order valence-corrected chi connectivity index (χ3v) is 1.75. The van der Waals surface area contributed by atoms with Gasteiger partial charge in [0.1, 0.15) is 6.04 Å². The molecule has 0 radical (unpaired) electrons. The van der Waals surface area contributed by atoms with E-state index in [4.69, 9.17) is 6.42 Å². The Balaban J connectivity index is 2.63. The Morgan fingerprint density at radius 3 is 2.91 bits per heavy atom. The Hall–Kier alpha value is -1.27. The summed E-state index contributed by atoms with van der Waals surface area (Å²) < 4.78 is 0. The molecule has 2 N–H and O–H groups in total. The first kappa shape index (κ1) is 7.83. The lowest BCUT2D eigenvalue weighted by atomic mass is 9.86. The van der Waals surface area contributed by atoms with E-state index in [1.807, 2.05) is 0 Å². The highest BCUT2D eigenvalue weighted by Crippen LogP contribution is 2.18. The number of aliphatic hydroxyl groups is 1. The van der Waals surface area contributed by atoms with Crippen molar-refractivity contribution < 1.29 is 9.90 Å². The first-order valence-corrected chi connectivity index (χ1v) is 3.28. The molecule has 3 atom stereocenters. The summed E-state index contributed by atoms with van der Waals surface area (Å²) in [5.74, 6) is 1.65. The number of amides is 1. The topological polar surface area (TPSA) is 49.3 Å². The molecule has 11 heavy (non-hydrogen) atoms. The lowest BCUT2D eigenvalue weighted by Gasteiger charge is -2.34. The minimum atomic E-state index is -0.829. The highest BCUT2D eigenvalue weighted by molar-refractivity contribution is 5.87. The zero-order chi connectivity index (χ0) is 8.43. The zero-order valence-corrected chi connectivity index (χ0v) is 5.95. The Bertz CT molecular complexity index is 229. The first-order valence-electron chi connectivity index (χ1n) is 3.28. The van der Waals surface area contributed by atoms with Crippen molar-refractivity contribution in [2.24, 2.45) is 5.92 Å². The molecule has 58 valence electrons. The summed E-state index contributed by atoms with van der Waals surface area (Å²) in [7, 11) is 0.